The van der Waals surface area contributed by atoms with Gasteiger partial charge in [-0.05, 0) is 158 Å². The third-order valence-electron chi connectivity index (χ3n) is 15.0. The largest absolute Gasteiger partial charge is 0.484 e. The quantitative estimate of drug-likeness (QED) is 0.0313. The van der Waals surface area contributed by atoms with Crippen LogP contribution in [-0.2, 0) is 79.7 Å². The van der Waals surface area contributed by atoms with Crippen molar-refractivity contribution in [3.63, 3.8) is 0 Å². The molecule has 0 unspecified atom stereocenters. The molecule has 0 spiro atoms. The van der Waals surface area contributed by atoms with Crippen molar-refractivity contribution in [3.8, 4) is 5.75 Å². The zero-order chi connectivity index (χ0) is 72.9. The lowest BCUT2D eigenvalue weighted by Gasteiger charge is -2.33. The lowest BCUT2D eigenvalue weighted by atomic mass is 9.84. The molecule has 1 saturated heterocycles. The predicted octanol–water partition coefficient (Wildman–Crippen LogP) is 5.94. The smallest absolute Gasteiger partial charge is 0.329 e. The van der Waals surface area contributed by atoms with Gasteiger partial charge in [0.05, 0.1) is 38.6 Å². The van der Waals surface area contributed by atoms with E-state index >= 15 is 0 Å². The maximum atomic E-state index is 13.8. The van der Waals surface area contributed by atoms with E-state index in [4.69, 9.17) is 23.7 Å². The van der Waals surface area contributed by atoms with Gasteiger partial charge in [-0.25, -0.2) is 9.59 Å². The van der Waals surface area contributed by atoms with Crippen molar-refractivity contribution in [2.45, 2.75) is 210 Å². The number of hydrogen-bond acceptors (Lipinski definition) is 20. The third kappa shape index (κ3) is 38.4. The SMILES string of the molecule is CC(=O)CN1CCN(CC(C)=O)CCN(CC(=O)OC(C)(C)C)CCN(CC(=O)NCC(=O)C[C@@H](Cc2ccc(OCC(=O)N[C@@H](Cc3ccccc3)C(=O)NCCCC[C@H](NC(=O)N[C@@H](CCC(=O)OC(C)(C)C)C(=O)OC(C)(C)C)C(C)(C)C)cc2)C(=O)OC(C)(C)C)CC1. The number of esters is 4. The Morgan fingerprint density at radius 3 is 1.46 bits per heavy atom. The van der Waals surface area contributed by atoms with E-state index in [1.165, 1.54) is 13.8 Å². The molecule has 5 N–H and O–H groups in total. The van der Waals surface area contributed by atoms with E-state index in [1.807, 2.05) is 70.7 Å². The van der Waals surface area contributed by atoms with Gasteiger partial charge in [-0.2, -0.15) is 0 Å². The molecule has 25 heteroatoms. The molecule has 5 amide bonds. The summed E-state index contributed by atoms with van der Waals surface area (Å²) in [6, 6.07) is 12.9. The molecule has 0 saturated carbocycles. The maximum Gasteiger partial charge on any atom is 0.329 e. The number of nitrogens with zero attached hydrogens (tertiary/aromatic N) is 4. The Labute approximate surface area is 576 Å². The number of ether oxygens (including phenoxy) is 5. The van der Waals surface area contributed by atoms with Crippen LogP contribution >= 0.6 is 0 Å². The fraction of sp³-hybridized carbons (Fsp3) is 0.681. The summed E-state index contributed by atoms with van der Waals surface area (Å²) >= 11 is 0. The van der Waals surface area contributed by atoms with E-state index in [2.05, 4.69) is 26.6 Å². The lowest BCUT2D eigenvalue weighted by Crippen LogP contribution is -2.53. The molecule has 0 radical (unpaired) electrons. The number of Topliss-reactive ketones (excluding diaryl/α,β-unsaturated/α-hetero) is 3. The molecule has 2 aromatic carbocycles. The summed E-state index contributed by atoms with van der Waals surface area (Å²) in [7, 11) is 0. The molecular weight excluding hydrogens is 1250 g/mol. The Bertz CT molecular complexity index is 2890. The molecule has 0 aromatic heterocycles. The number of carbonyl (C=O) groups excluding carboxylic acids is 11. The minimum absolute atomic E-state index is 0.00221. The molecule has 97 heavy (non-hydrogen) atoms. The molecule has 0 aliphatic carbocycles. The average Bonchev–Trinajstić information content (AvgIpc) is 0.937. The highest BCUT2D eigenvalue weighted by atomic mass is 16.6. The van der Waals surface area contributed by atoms with Gasteiger partial charge in [0, 0.05) is 84.2 Å². The minimum Gasteiger partial charge on any atom is -0.484 e. The van der Waals surface area contributed by atoms with Gasteiger partial charge in [0.2, 0.25) is 11.8 Å². The second-order valence-electron chi connectivity index (χ2n) is 30.3. The summed E-state index contributed by atoms with van der Waals surface area (Å²) in [6.07, 6.45) is 1.56. The number of amides is 5. The summed E-state index contributed by atoms with van der Waals surface area (Å²) in [4.78, 5) is 153. The van der Waals surface area contributed by atoms with Crippen LogP contribution < -0.4 is 31.3 Å². The molecule has 544 valence electrons. The normalized spacial score (nSPS) is 15.7. The summed E-state index contributed by atoms with van der Waals surface area (Å²) < 4.78 is 28.2. The highest BCUT2D eigenvalue weighted by Gasteiger charge is 2.33. The molecule has 1 heterocycles. The Hall–Kier alpha value is -7.35. The van der Waals surface area contributed by atoms with Gasteiger partial charge in [-0.3, -0.25) is 62.8 Å². The van der Waals surface area contributed by atoms with Crippen LogP contribution in [0.3, 0.4) is 0 Å². The summed E-state index contributed by atoms with van der Waals surface area (Å²) in [5.41, 5.74) is -2.05. The number of benzene rings is 2. The van der Waals surface area contributed by atoms with Gasteiger partial charge < -0.3 is 50.3 Å². The molecular formula is C72H115N9O16. The first kappa shape index (κ1) is 83.9. The molecule has 2 aromatic rings. The molecule has 1 aliphatic rings. The Kier molecular flexibility index (Phi) is 34.5. The topological polar surface area (TPSA) is 307 Å². The monoisotopic (exact) mass is 1360 g/mol. The maximum absolute atomic E-state index is 13.8. The predicted molar refractivity (Wildman–Crippen MR) is 369 cm³/mol. The van der Waals surface area contributed by atoms with Crippen molar-refractivity contribution >= 4 is 65.0 Å². The summed E-state index contributed by atoms with van der Waals surface area (Å²) in [5.74, 6) is -4.61. The van der Waals surface area contributed by atoms with Gasteiger partial charge in [-0.15, -0.1) is 0 Å². The Morgan fingerprint density at radius 2 is 0.959 bits per heavy atom. The van der Waals surface area contributed by atoms with Crippen LogP contribution in [0.4, 0.5) is 4.79 Å². The van der Waals surface area contributed by atoms with E-state index in [9.17, 15) is 52.7 Å². The first-order valence-corrected chi connectivity index (χ1v) is 34.0. The zero-order valence-corrected chi connectivity index (χ0v) is 61.1. The van der Waals surface area contributed by atoms with E-state index in [0.29, 0.717) is 82.9 Å². The van der Waals surface area contributed by atoms with E-state index in [1.54, 1.807) is 107 Å². The van der Waals surface area contributed by atoms with Crippen molar-refractivity contribution in [1.82, 2.24) is 46.2 Å². The number of rotatable bonds is 33. The van der Waals surface area contributed by atoms with Crippen LogP contribution in [0.25, 0.3) is 0 Å². The fourth-order valence-electron chi connectivity index (χ4n) is 10.4. The Morgan fingerprint density at radius 1 is 0.474 bits per heavy atom. The number of hydrogen-bond donors (Lipinski definition) is 5. The van der Waals surface area contributed by atoms with Crippen LogP contribution in [0.5, 0.6) is 5.75 Å². The van der Waals surface area contributed by atoms with Crippen LogP contribution in [0.1, 0.15) is 167 Å². The standard InChI is InChI=1S/C72H115N9O16/c1-50(82)45-78-33-34-79(46-51(2)83)36-39-81(48-63(88)95-70(9,10)11)40-38-80(37-35-78)47-60(85)74-44-55(84)43-54(65(90)96-71(12,13)14)41-53-26-28-56(29-27-53)93-49-61(86)75-58(42-52-23-19-18-20-24-52)64(89)73-32-22-21-25-59(68(3,4)5)77-67(92)76-57(66(91)97-72(15,16)17)30-31-62(87)94-69(6,7)8/h18-20,23-24,26-29,54,57-59H,21-22,25,30-49H2,1-17H3,(H,73,89)(H,74,85)(H,75,86)(H2,76,77,92)/t54-,57+,58+,59+/m1/s1. The fourth-order valence-corrected chi connectivity index (χ4v) is 10.4. The van der Waals surface area contributed by atoms with Crippen LogP contribution in [0.2, 0.25) is 0 Å². The second kappa shape index (κ2) is 39.9. The molecule has 1 fully saturated rings. The van der Waals surface area contributed by atoms with Gasteiger partial charge in [0.15, 0.2) is 12.4 Å². The van der Waals surface area contributed by atoms with Gasteiger partial charge >= 0.3 is 29.9 Å². The van der Waals surface area contributed by atoms with Crippen molar-refractivity contribution in [3.05, 3.63) is 65.7 Å². The lowest BCUT2D eigenvalue weighted by molar-refractivity contribution is -0.161. The molecule has 25 nitrogen and oxygen atoms in total. The van der Waals surface area contributed by atoms with Crippen molar-refractivity contribution < 1.29 is 76.4 Å². The molecule has 4 atom stereocenters. The molecule has 0 bridgehead atoms. The Balaban J connectivity index is 1.64. The zero-order valence-electron chi connectivity index (χ0n) is 61.1. The average molecular weight is 1360 g/mol. The van der Waals surface area contributed by atoms with Gasteiger partial charge in [0.1, 0.15) is 51.8 Å². The van der Waals surface area contributed by atoms with Crippen molar-refractivity contribution in [1.29, 1.82) is 0 Å². The number of unbranched alkanes of at least 4 members (excludes halogenated alkanes) is 1. The highest BCUT2D eigenvalue weighted by molar-refractivity contribution is 5.90. The summed E-state index contributed by atoms with van der Waals surface area (Å²) in [6.45, 7) is 33.2. The van der Waals surface area contributed by atoms with Crippen LogP contribution in [-0.4, -0.2) is 223 Å². The van der Waals surface area contributed by atoms with Gasteiger partial charge in [-0.1, -0.05) is 63.2 Å². The number of urea groups is 1. The van der Waals surface area contributed by atoms with Crippen LogP contribution in [0.15, 0.2) is 54.6 Å². The minimum atomic E-state index is -1.12. The second-order valence-corrected chi connectivity index (χ2v) is 30.3. The van der Waals surface area contributed by atoms with E-state index in [-0.39, 0.29) is 89.0 Å². The highest BCUT2D eigenvalue weighted by Crippen LogP contribution is 2.25. The first-order chi connectivity index (χ1) is 45.0. The number of nitrogens with one attached hydrogen (secondary N) is 5. The number of ketones is 3. The van der Waals surface area contributed by atoms with Crippen LogP contribution in [0, 0.1) is 11.3 Å². The molecule has 1 aliphatic heterocycles. The summed E-state index contributed by atoms with van der Waals surface area (Å²) in [5, 5.41) is 14.2. The van der Waals surface area contributed by atoms with Crippen molar-refractivity contribution in [2.75, 3.05) is 98.2 Å². The van der Waals surface area contributed by atoms with E-state index in [0.717, 1.165) is 5.56 Å². The van der Waals surface area contributed by atoms with Gasteiger partial charge in [0.25, 0.3) is 5.91 Å². The van der Waals surface area contributed by atoms with E-state index < -0.39 is 106 Å². The number of carbonyl (C=O) groups is 11. The molecule has 3 rings (SSSR count). The third-order valence-corrected chi connectivity index (χ3v) is 15.0. The first-order valence-electron chi connectivity index (χ1n) is 34.0. The van der Waals surface area contributed by atoms with Crippen molar-refractivity contribution in [2.24, 2.45) is 11.3 Å².